The molecule has 106 valence electrons. The van der Waals surface area contributed by atoms with E-state index in [1.54, 1.807) is 24.3 Å². The molecule has 0 radical (unpaired) electrons. The number of para-hydroxylation sites is 1. The highest BCUT2D eigenvalue weighted by Crippen LogP contribution is 2.22. The molecule has 1 heterocycles. The van der Waals surface area contributed by atoms with Crippen LogP contribution in [0.2, 0.25) is 0 Å². The molecule has 0 bridgehead atoms. The first kappa shape index (κ1) is 14.2. The first-order valence-corrected chi connectivity index (χ1v) is 6.46. The number of nitrogens with zero attached hydrogens (tertiary/aromatic N) is 1. The highest BCUT2D eigenvalue weighted by Gasteiger charge is 2.38. The van der Waals surface area contributed by atoms with Crippen molar-refractivity contribution in [2.45, 2.75) is 25.3 Å². The fourth-order valence-electron chi connectivity index (χ4n) is 2.16. The second-order valence-electron chi connectivity index (χ2n) is 4.61. The number of carboxylic acid groups (broad SMARTS) is 1. The lowest BCUT2D eigenvalue weighted by atomic mass is 10.2. The summed E-state index contributed by atoms with van der Waals surface area (Å²) in [6.07, 6.45) is 0.587. The Kier molecular flexibility index (Phi) is 4.47. The zero-order valence-corrected chi connectivity index (χ0v) is 10.9. The second-order valence-corrected chi connectivity index (χ2v) is 4.61. The zero-order valence-electron chi connectivity index (χ0n) is 10.9. The predicted octanol–water partition coefficient (Wildman–Crippen LogP) is 0.773. The number of carbonyl (C=O) groups is 3. The van der Waals surface area contributed by atoms with Gasteiger partial charge in [0, 0.05) is 6.42 Å². The monoisotopic (exact) mass is 276 g/mol. The maximum atomic E-state index is 12.2. The standard InChI is InChI=1S/C14H16N2O4/c17-12-9-11(15-8-4-7-13(18)19)14(20)16(12)10-5-2-1-3-6-10/h1-3,5-6,11,15H,4,7-9H2,(H,18,19). The zero-order chi connectivity index (χ0) is 14.5. The average Bonchev–Trinajstić information content (AvgIpc) is 2.70. The topological polar surface area (TPSA) is 86.7 Å². The smallest absolute Gasteiger partial charge is 0.303 e. The van der Waals surface area contributed by atoms with Crippen LogP contribution in [0, 0.1) is 0 Å². The number of aliphatic carboxylic acids is 1. The Morgan fingerprint density at radius 1 is 1.30 bits per heavy atom. The van der Waals surface area contributed by atoms with E-state index in [1.165, 1.54) is 4.90 Å². The molecule has 2 N–H and O–H groups in total. The SMILES string of the molecule is O=C(O)CCCNC1CC(=O)N(c2ccccc2)C1=O. The van der Waals surface area contributed by atoms with Gasteiger partial charge >= 0.3 is 5.97 Å². The third-order valence-corrected chi connectivity index (χ3v) is 3.12. The van der Waals surface area contributed by atoms with Crippen molar-refractivity contribution in [3.05, 3.63) is 30.3 Å². The third kappa shape index (κ3) is 3.21. The Bertz CT molecular complexity index is 515. The summed E-state index contributed by atoms with van der Waals surface area (Å²) in [6, 6.07) is 8.21. The van der Waals surface area contributed by atoms with E-state index in [9.17, 15) is 14.4 Å². The molecule has 0 aliphatic carbocycles. The fraction of sp³-hybridized carbons (Fsp3) is 0.357. The molecule has 1 unspecified atom stereocenters. The number of hydrogen-bond acceptors (Lipinski definition) is 4. The summed E-state index contributed by atoms with van der Waals surface area (Å²) in [5.74, 6) is -1.39. The summed E-state index contributed by atoms with van der Waals surface area (Å²) in [6.45, 7) is 0.401. The third-order valence-electron chi connectivity index (χ3n) is 3.12. The highest BCUT2D eigenvalue weighted by atomic mass is 16.4. The lowest BCUT2D eigenvalue weighted by molar-refractivity contribution is -0.137. The van der Waals surface area contributed by atoms with E-state index in [0.717, 1.165) is 0 Å². The summed E-state index contributed by atoms with van der Waals surface area (Å²) in [7, 11) is 0. The number of carbonyl (C=O) groups excluding carboxylic acids is 2. The van der Waals surface area contributed by atoms with E-state index < -0.39 is 12.0 Å². The molecule has 0 spiro atoms. The molecule has 1 atom stereocenters. The van der Waals surface area contributed by atoms with Gasteiger partial charge in [0.05, 0.1) is 18.2 Å². The highest BCUT2D eigenvalue weighted by molar-refractivity contribution is 6.22. The Morgan fingerprint density at radius 2 is 2.00 bits per heavy atom. The number of hydrogen-bond donors (Lipinski definition) is 2. The molecule has 2 rings (SSSR count). The molecular formula is C14H16N2O4. The van der Waals surface area contributed by atoms with Crippen LogP contribution in [-0.2, 0) is 14.4 Å². The van der Waals surface area contributed by atoms with Crippen LogP contribution in [0.1, 0.15) is 19.3 Å². The molecule has 6 heteroatoms. The van der Waals surface area contributed by atoms with Gasteiger partial charge in [-0.3, -0.25) is 14.4 Å². The van der Waals surface area contributed by atoms with Crippen molar-refractivity contribution in [1.82, 2.24) is 5.32 Å². The van der Waals surface area contributed by atoms with Gasteiger partial charge in [0.25, 0.3) is 5.91 Å². The first-order valence-electron chi connectivity index (χ1n) is 6.46. The van der Waals surface area contributed by atoms with E-state index in [1.807, 2.05) is 6.07 Å². The van der Waals surface area contributed by atoms with Crippen molar-refractivity contribution in [2.24, 2.45) is 0 Å². The van der Waals surface area contributed by atoms with Crippen molar-refractivity contribution in [1.29, 1.82) is 0 Å². The van der Waals surface area contributed by atoms with Crippen LogP contribution in [0.15, 0.2) is 30.3 Å². The quantitative estimate of drug-likeness (QED) is 0.592. The minimum atomic E-state index is -0.869. The first-order chi connectivity index (χ1) is 9.59. The Labute approximate surface area is 116 Å². The summed E-state index contributed by atoms with van der Waals surface area (Å²) < 4.78 is 0. The number of amides is 2. The van der Waals surface area contributed by atoms with Gasteiger partial charge in [0.1, 0.15) is 0 Å². The van der Waals surface area contributed by atoms with Gasteiger partial charge in [-0.2, -0.15) is 0 Å². The van der Waals surface area contributed by atoms with Gasteiger partial charge in [0.15, 0.2) is 0 Å². The largest absolute Gasteiger partial charge is 0.481 e. The maximum absolute atomic E-state index is 12.2. The molecule has 2 amide bonds. The van der Waals surface area contributed by atoms with Crippen LogP contribution < -0.4 is 10.2 Å². The van der Waals surface area contributed by atoms with E-state index in [2.05, 4.69) is 5.32 Å². The number of benzene rings is 1. The van der Waals surface area contributed by atoms with Gasteiger partial charge in [0.2, 0.25) is 5.91 Å². The van der Waals surface area contributed by atoms with Gasteiger partial charge in [-0.05, 0) is 25.1 Å². The molecule has 1 aromatic carbocycles. The number of anilines is 1. The van der Waals surface area contributed by atoms with Crippen LogP contribution in [0.5, 0.6) is 0 Å². The normalized spacial score (nSPS) is 18.6. The summed E-state index contributed by atoms with van der Waals surface area (Å²) in [5, 5.41) is 11.5. The van der Waals surface area contributed by atoms with E-state index >= 15 is 0 Å². The Hall–Kier alpha value is -2.21. The molecule has 6 nitrogen and oxygen atoms in total. The van der Waals surface area contributed by atoms with Crippen LogP contribution in [0.25, 0.3) is 0 Å². The molecule has 1 aliphatic heterocycles. The Morgan fingerprint density at radius 3 is 2.65 bits per heavy atom. The van der Waals surface area contributed by atoms with Gasteiger partial charge < -0.3 is 10.4 Å². The maximum Gasteiger partial charge on any atom is 0.303 e. The number of rotatable bonds is 6. The molecule has 0 aromatic heterocycles. The van der Waals surface area contributed by atoms with Gasteiger partial charge in [-0.25, -0.2) is 4.90 Å². The van der Waals surface area contributed by atoms with Crippen LogP contribution >= 0.6 is 0 Å². The summed E-state index contributed by atoms with van der Waals surface area (Å²) in [4.78, 5) is 35.6. The minimum Gasteiger partial charge on any atom is -0.481 e. The lowest BCUT2D eigenvalue weighted by Crippen LogP contribution is -2.39. The van der Waals surface area contributed by atoms with E-state index in [-0.39, 0.29) is 24.7 Å². The molecule has 1 saturated heterocycles. The number of nitrogens with one attached hydrogen (secondary N) is 1. The molecule has 20 heavy (non-hydrogen) atoms. The molecule has 1 fully saturated rings. The number of imide groups is 1. The second kappa shape index (κ2) is 6.29. The average molecular weight is 276 g/mol. The molecule has 1 aromatic rings. The van der Waals surface area contributed by atoms with Crippen molar-refractivity contribution in [2.75, 3.05) is 11.4 Å². The minimum absolute atomic E-state index is 0.0459. The lowest BCUT2D eigenvalue weighted by Gasteiger charge is -2.15. The molecule has 0 saturated carbocycles. The van der Waals surface area contributed by atoms with Crippen LogP contribution in [-0.4, -0.2) is 35.5 Å². The number of carboxylic acids is 1. The van der Waals surface area contributed by atoms with Crippen LogP contribution in [0.4, 0.5) is 5.69 Å². The van der Waals surface area contributed by atoms with Crippen molar-refractivity contribution >= 4 is 23.5 Å². The van der Waals surface area contributed by atoms with Gasteiger partial charge in [-0.1, -0.05) is 18.2 Å². The van der Waals surface area contributed by atoms with Crippen molar-refractivity contribution in [3.8, 4) is 0 Å². The fourth-order valence-corrected chi connectivity index (χ4v) is 2.16. The van der Waals surface area contributed by atoms with Crippen LogP contribution in [0.3, 0.4) is 0 Å². The predicted molar refractivity (Wildman–Crippen MR) is 72.2 cm³/mol. The summed E-state index contributed by atoms with van der Waals surface area (Å²) >= 11 is 0. The molecular weight excluding hydrogens is 260 g/mol. The van der Waals surface area contributed by atoms with E-state index in [4.69, 9.17) is 5.11 Å². The molecule has 1 aliphatic rings. The summed E-state index contributed by atoms with van der Waals surface area (Å²) in [5.41, 5.74) is 0.567. The van der Waals surface area contributed by atoms with E-state index in [0.29, 0.717) is 18.7 Å². The van der Waals surface area contributed by atoms with Gasteiger partial charge in [-0.15, -0.1) is 0 Å². The van der Waals surface area contributed by atoms with Crippen molar-refractivity contribution in [3.63, 3.8) is 0 Å². The Balaban J connectivity index is 1.94. The van der Waals surface area contributed by atoms with Crippen molar-refractivity contribution < 1.29 is 19.5 Å².